The summed E-state index contributed by atoms with van der Waals surface area (Å²) in [6, 6.07) is 5.82. The van der Waals surface area contributed by atoms with E-state index in [0.717, 1.165) is 5.56 Å². The van der Waals surface area contributed by atoms with Crippen LogP contribution in [0.4, 0.5) is 15.3 Å². The summed E-state index contributed by atoms with van der Waals surface area (Å²) in [6.45, 7) is 19.4. The number of hydrogen-bond donors (Lipinski definition) is 4. The lowest BCUT2D eigenvalue weighted by Crippen LogP contribution is -2.61. The van der Waals surface area contributed by atoms with E-state index in [-0.39, 0.29) is 30.6 Å². The van der Waals surface area contributed by atoms with Crippen molar-refractivity contribution in [2.45, 2.75) is 174 Å². The quantitative estimate of drug-likeness (QED) is 0.0656. The number of aliphatic hydroxyl groups excluding tert-OH is 1. The van der Waals surface area contributed by atoms with Crippen LogP contribution in [0.2, 0.25) is 0 Å². The van der Waals surface area contributed by atoms with E-state index in [1.165, 1.54) is 25.5 Å². The van der Waals surface area contributed by atoms with Crippen LogP contribution in [-0.4, -0.2) is 176 Å². The number of likely N-dealkylation sites (N-methyl/N-ethyl adjacent to an activating group) is 1. The Kier molecular flexibility index (Phi) is 19.5. The molecule has 0 saturated carbocycles. The number of nitrogens with zero attached hydrogens (tertiary/aromatic N) is 7. The predicted molar refractivity (Wildman–Crippen MR) is 276 cm³/mol. The largest absolute Gasteiger partial charge is 0.458 e. The van der Waals surface area contributed by atoms with E-state index in [2.05, 4.69) is 36.2 Å². The molecule has 3 fully saturated rings. The number of Topliss-reactive ketones (excluding diaryl/α,β-unsaturated/α-hetero) is 1. The normalized spacial score (nSPS) is 31.2. The molecule has 13 atom stereocenters. The fraction of sp³-hybridized carbons (Fsp3) is 0.679. The summed E-state index contributed by atoms with van der Waals surface area (Å²) in [7, 11) is 5.20. The van der Waals surface area contributed by atoms with Gasteiger partial charge < -0.3 is 49.1 Å². The standard InChI is InChI=1S/C53H80N10O12/c1-14-41-53(10)44(63(50(69)75-53)23-16-15-22-62-30-39(59-60-62)35-18-17-19-36(24-35)58-49(68)74-51(6,7)8)34(5)56-27-31(2)26-52(9,70-13)45(32(3)42(64)33(4)47(67)72-41)73-48-43(65)40(61(11)12)25-37(71-48)28-57-46(66)38-29-54-20-21-55-38/h17-21,24,29-34,37,40-41,43-45,48,56,65H,14-16,22-23,25-28H2,1-13H3,(H,57,66)(H,58,68)/t31-,32+,33-,34-,37?,40?,41-,43?,44-,45-,48+,52-,53-/m1/s1. The highest BCUT2D eigenvalue weighted by molar-refractivity contribution is 6.00. The zero-order valence-corrected chi connectivity index (χ0v) is 45.9. The van der Waals surface area contributed by atoms with Crippen molar-refractivity contribution < 1.29 is 57.5 Å². The SMILES string of the molecule is CC[C@H]1OC(=O)[C@H](C)C(=O)[C@H](C)[C@@H](O[C@@H]2OC(CNC(=O)c3cnccn3)CC(N(C)C)C2O)[C@](C)(OC)C[C@@H](C)CN[C@H](C)[C@H]2N(CCCCn3cc(-c4cccc(NC(=O)OC(C)(C)C)c4)nn3)C(=O)O[C@]12C. The summed E-state index contributed by atoms with van der Waals surface area (Å²) in [4.78, 5) is 80.0. The molecule has 0 bridgehead atoms. The molecule has 3 aliphatic heterocycles. The zero-order chi connectivity index (χ0) is 55.0. The van der Waals surface area contributed by atoms with Crippen molar-refractivity contribution in [2.75, 3.05) is 46.2 Å². The number of nitrogens with one attached hydrogen (secondary N) is 3. The van der Waals surface area contributed by atoms with Crippen LogP contribution in [0.15, 0.2) is 49.1 Å². The average Bonchev–Trinajstić information content (AvgIpc) is 3.95. The lowest BCUT2D eigenvalue weighted by molar-refractivity contribution is -0.296. The number of amides is 3. The van der Waals surface area contributed by atoms with Gasteiger partial charge in [-0.25, -0.2) is 14.6 Å². The summed E-state index contributed by atoms with van der Waals surface area (Å²) in [5.41, 5.74) is -1.06. The van der Waals surface area contributed by atoms with E-state index >= 15 is 0 Å². The Balaban J connectivity index is 1.18. The number of rotatable bonds is 15. The van der Waals surface area contributed by atoms with Gasteiger partial charge in [-0.3, -0.25) is 34.3 Å². The number of unbranched alkanes of at least 4 members (excludes halogenated alkanes) is 1. The Bertz CT molecular complexity index is 2420. The van der Waals surface area contributed by atoms with Crippen molar-refractivity contribution in [1.29, 1.82) is 0 Å². The number of methoxy groups -OCH3 is 1. The van der Waals surface area contributed by atoms with Crippen LogP contribution >= 0.6 is 0 Å². The number of ether oxygens (including phenoxy) is 6. The summed E-state index contributed by atoms with van der Waals surface area (Å²) >= 11 is 0. The van der Waals surface area contributed by atoms with Gasteiger partial charge in [0.2, 0.25) is 0 Å². The molecule has 22 nitrogen and oxygen atoms in total. The predicted octanol–water partition coefficient (Wildman–Crippen LogP) is 5.25. The number of hydrogen-bond acceptors (Lipinski definition) is 18. The summed E-state index contributed by atoms with van der Waals surface area (Å²) in [5, 5.41) is 29.8. The number of fused-ring (bicyclic) bond motifs is 1. The number of anilines is 1. The monoisotopic (exact) mass is 1050 g/mol. The number of carbonyl (C=O) groups is 5. The number of aromatic nitrogens is 5. The molecule has 3 amide bonds. The van der Waals surface area contributed by atoms with Gasteiger partial charge in [0.1, 0.15) is 35.1 Å². The Morgan fingerprint density at radius 2 is 1.79 bits per heavy atom. The molecule has 75 heavy (non-hydrogen) atoms. The van der Waals surface area contributed by atoms with Crippen LogP contribution in [0.25, 0.3) is 11.3 Å². The number of ketones is 1. The highest BCUT2D eigenvalue weighted by Gasteiger charge is 2.59. The van der Waals surface area contributed by atoms with Crippen LogP contribution in [0, 0.1) is 17.8 Å². The highest BCUT2D eigenvalue weighted by atomic mass is 16.7. The van der Waals surface area contributed by atoms with Crippen LogP contribution in [0.5, 0.6) is 0 Å². The molecular weight excluding hydrogens is 969 g/mol. The van der Waals surface area contributed by atoms with Crippen molar-refractivity contribution >= 4 is 35.5 Å². The number of esters is 1. The topological polar surface area (TPSA) is 260 Å². The first-order chi connectivity index (χ1) is 35.4. The Morgan fingerprint density at radius 3 is 2.45 bits per heavy atom. The van der Waals surface area contributed by atoms with Gasteiger partial charge in [-0.1, -0.05) is 38.1 Å². The molecule has 0 radical (unpaired) electrons. The number of aryl methyl sites for hydroxylation is 1. The van der Waals surface area contributed by atoms with E-state index in [0.29, 0.717) is 56.7 Å². The molecule has 3 aliphatic rings. The van der Waals surface area contributed by atoms with Gasteiger partial charge in [0, 0.05) is 68.4 Å². The maximum atomic E-state index is 14.7. The molecule has 1 aromatic carbocycles. The maximum Gasteiger partial charge on any atom is 0.412 e. The second kappa shape index (κ2) is 25.0. The maximum absolute atomic E-state index is 14.7. The van der Waals surface area contributed by atoms with Crippen molar-refractivity contribution in [1.82, 2.24) is 45.4 Å². The molecule has 4 N–H and O–H groups in total. The molecule has 3 unspecified atom stereocenters. The van der Waals surface area contributed by atoms with Gasteiger partial charge >= 0.3 is 18.2 Å². The first-order valence-corrected chi connectivity index (χ1v) is 26.1. The first kappa shape index (κ1) is 58.6. The number of benzene rings is 1. The Morgan fingerprint density at radius 1 is 1.05 bits per heavy atom. The van der Waals surface area contributed by atoms with Crippen molar-refractivity contribution in [3.05, 3.63) is 54.7 Å². The minimum Gasteiger partial charge on any atom is -0.458 e. The van der Waals surface area contributed by atoms with Crippen molar-refractivity contribution in [3.63, 3.8) is 0 Å². The fourth-order valence-corrected chi connectivity index (χ4v) is 10.7. The van der Waals surface area contributed by atoms with Crippen LogP contribution in [0.3, 0.4) is 0 Å². The minimum atomic E-state index is -1.31. The number of carbonyl (C=O) groups excluding carboxylic acids is 5. The van der Waals surface area contributed by atoms with Crippen LogP contribution in [-0.2, 0) is 44.6 Å². The lowest BCUT2D eigenvalue weighted by atomic mass is 9.78. The van der Waals surface area contributed by atoms with Crippen LogP contribution in [0.1, 0.15) is 112 Å². The van der Waals surface area contributed by atoms with Crippen LogP contribution < -0.4 is 16.0 Å². The molecule has 22 heteroatoms. The zero-order valence-electron chi connectivity index (χ0n) is 45.9. The van der Waals surface area contributed by atoms with E-state index in [1.54, 1.807) is 63.4 Å². The van der Waals surface area contributed by atoms with Crippen molar-refractivity contribution in [2.24, 2.45) is 17.8 Å². The Hall–Kier alpha value is -5.65. The molecule has 5 heterocycles. The fourth-order valence-electron chi connectivity index (χ4n) is 10.7. The summed E-state index contributed by atoms with van der Waals surface area (Å²) in [5.74, 6) is -4.08. The highest BCUT2D eigenvalue weighted by Crippen LogP contribution is 2.40. The average molecular weight is 1050 g/mol. The molecule has 0 spiro atoms. The van der Waals surface area contributed by atoms with Gasteiger partial charge in [-0.15, -0.1) is 5.10 Å². The summed E-state index contributed by atoms with van der Waals surface area (Å²) in [6.07, 6.45) is 2.17. The van der Waals surface area contributed by atoms with E-state index < -0.39 is 101 Å². The summed E-state index contributed by atoms with van der Waals surface area (Å²) < 4.78 is 39.2. The molecule has 6 rings (SSSR count). The number of aliphatic hydroxyl groups is 1. The molecule has 3 saturated heterocycles. The van der Waals surface area contributed by atoms with Gasteiger partial charge in [0.25, 0.3) is 5.91 Å². The second-order valence-electron chi connectivity index (χ2n) is 22.0. The molecule has 0 aliphatic carbocycles. The number of cyclic esters (lactones) is 1. The Labute approximate surface area is 440 Å². The third-order valence-corrected chi connectivity index (χ3v) is 14.6. The minimum absolute atomic E-state index is 0.0713. The molecule has 2 aromatic heterocycles. The third-order valence-electron chi connectivity index (χ3n) is 14.6. The molecule has 3 aromatic rings. The molecular formula is C53H80N10O12. The van der Waals surface area contributed by atoms with Gasteiger partial charge in [0.15, 0.2) is 17.7 Å². The van der Waals surface area contributed by atoms with Gasteiger partial charge in [0.05, 0.1) is 36.2 Å². The lowest BCUT2D eigenvalue weighted by Gasteiger charge is -2.47. The van der Waals surface area contributed by atoms with Crippen molar-refractivity contribution in [3.8, 4) is 11.3 Å². The van der Waals surface area contributed by atoms with E-state index in [1.807, 2.05) is 65.0 Å². The molecule has 414 valence electrons. The second-order valence-corrected chi connectivity index (χ2v) is 22.0. The van der Waals surface area contributed by atoms with Gasteiger partial charge in [-0.2, -0.15) is 0 Å². The first-order valence-electron chi connectivity index (χ1n) is 26.1. The van der Waals surface area contributed by atoms with E-state index in [4.69, 9.17) is 28.4 Å². The van der Waals surface area contributed by atoms with E-state index in [9.17, 15) is 29.1 Å². The van der Waals surface area contributed by atoms with Gasteiger partial charge in [-0.05, 0) is 119 Å². The smallest absolute Gasteiger partial charge is 0.412 e. The third kappa shape index (κ3) is 14.4.